The molecule has 0 fully saturated rings. The monoisotopic (exact) mass is 234 g/mol. The summed E-state index contributed by atoms with van der Waals surface area (Å²) in [6, 6.07) is 4.56. The smallest absolute Gasteiger partial charge is 0.387 e. The lowest BCUT2D eigenvalue weighted by molar-refractivity contribution is -0.107. The molecule has 0 aliphatic rings. The van der Waals surface area contributed by atoms with E-state index in [0.29, 0.717) is 12.8 Å². The zero-order chi connectivity index (χ0) is 11.3. The maximum Gasteiger partial charge on any atom is 0.387 e. The minimum absolute atomic E-state index is 0.0601. The Morgan fingerprint density at radius 3 is 2.80 bits per heavy atom. The zero-order valence-electron chi connectivity index (χ0n) is 7.75. The molecule has 0 saturated carbocycles. The van der Waals surface area contributed by atoms with E-state index in [1.54, 1.807) is 6.07 Å². The molecule has 2 nitrogen and oxygen atoms in total. The topological polar surface area (TPSA) is 26.3 Å². The molecule has 0 aliphatic carbocycles. The highest BCUT2D eigenvalue weighted by molar-refractivity contribution is 6.32. The second-order valence-corrected chi connectivity index (χ2v) is 3.26. The SMILES string of the molecule is O=CCCc1ccc(Cl)c(OC(F)F)c1. The van der Waals surface area contributed by atoms with Crippen molar-refractivity contribution in [3.05, 3.63) is 28.8 Å². The molecule has 0 aromatic heterocycles. The third-order valence-corrected chi connectivity index (χ3v) is 2.07. The molecule has 0 amide bonds. The number of aryl methyl sites for hydroxylation is 1. The molecule has 1 rings (SSSR count). The zero-order valence-corrected chi connectivity index (χ0v) is 8.51. The van der Waals surface area contributed by atoms with Gasteiger partial charge in [-0.05, 0) is 24.1 Å². The fourth-order valence-corrected chi connectivity index (χ4v) is 1.28. The van der Waals surface area contributed by atoms with E-state index in [0.717, 1.165) is 11.8 Å². The van der Waals surface area contributed by atoms with E-state index >= 15 is 0 Å². The number of ether oxygens (including phenoxy) is 1. The summed E-state index contributed by atoms with van der Waals surface area (Å²) < 4.78 is 28.1. The van der Waals surface area contributed by atoms with Crippen molar-refractivity contribution in [1.82, 2.24) is 0 Å². The minimum atomic E-state index is -2.90. The maximum absolute atomic E-state index is 11.9. The molecule has 82 valence electrons. The third-order valence-electron chi connectivity index (χ3n) is 1.76. The van der Waals surface area contributed by atoms with Crippen LogP contribution < -0.4 is 4.74 Å². The van der Waals surface area contributed by atoms with Gasteiger partial charge in [-0.2, -0.15) is 8.78 Å². The number of halogens is 3. The van der Waals surface area contributed by atoms with E-state index in [1.165, 1.54) is 12.1 Å². The molecule has 0 atom stereocenters. The van der Waals surface area contributed by atoms with Crippen LogP contribution in [0.4, 0.5) is 8.78 Å². The first-order valence-electron chi connectivity index (χ1n) is 4.30. The summed E-state index contributed by atoms with van der Waals surface area (Å²) in [5, 5.41) is 0.130. The molecule has 0 N–H and O–H groups in total. The highest BCUT2D eigenvalue weighted by Crippen LogP contribution is 2.27. The van der Waals surface area contributed by atoms with Crippen LogP contribution in [0.3, 0.4) is 0 Å². The second-order valence-electron chi connectivity index (χ2n) is 2.85. The van der Waals surface area contributed by atoms with Gasteiger partial charge in [0, 0.05) is 6.42 Å². The molecule has 0 bridgehead atoms. The Balaban J connectivity index is 2.79. The van der Waals surface area contributed by atoms with Crippen molar-refractivity contribution in [2.24, 2.45) is 0 Å². The predicted octanol–water partition coefficient (Wildman–Crippen LogP) is 3.07. The van der Waals surface area contributed by atoms with Crippen molar-refractivity contribution in [3.63, 3.8) is 0 Å². The first-order chi connectivity index (χ1) is 7.13. The summed E-state index contributed by atoms with van der Waals surface area (Å²) in [7, 11) is 0. The first kappa shape index (κ1) is 11.9. The molecule has 0 spiro atoms. The van der Waals surface area contributed by atoms with E-state index in [-0.39, 0.29) is 10.8 Å². The third kappa shape index (κ3) is 3.83. The van der Waals surface area contributed by atoms with E-state index in [1.807, 2.05) is 0 Å². The summed E-state index contributed by atoms with van der Waals surface area (Å²) in [5.74, 6) is -0.0601. The lowest BCUT2D eigenvalue weighted by Crippen LogP contribution is -2.02. The van der Waals surface area contributed by atoms with Crippen molar-refractivity contribution in [1.29, 1.82) is 0 Å². The lowest BCUT2D eigenvalue weighted by atomic mass is 10.1. The molecule has 0 heterocycles. The summed E-state index contributed by atoms with van der Waals surface area (Å²) in [4.78, 5) is 10.1. The molecule has 5 heteroatoms. The van der Waals surface area contributed by atoms with Gasteiger partial charge in [-0.3, -0.25) is 0 Å². The Labute approximate surface area is 90.8 Å². The van der Waals surface area contributed by atoms with Crippen LogP contribution in [0, 0.1) is 0 Å². The maximum atomic E-state index is 11.9. The molecule has 0 saturated heterocycles. The summed E-state index contributed by atoms with van der Waals surface area (Å²) in [6.45, 7) is -2.90. The highest BCUT2D eigenvalue weighted by Gasteiger charge is 2.09. The first-order valence-corrected chi connectivity index (χ1v) is 4.68. The van der Waals surface area contributed by atoms with Crippen LogP contribution in [-0.4, -0.2) is 12.9 Å². The molecule has 1 aromatic carbocycles. The van der Waals surface area contributed by atoms with Crippen LogP contribution in [0.1, 0.15) is 12.0 Å². The van der Waals surface area contributed by atoms with Gasteiger partial charge in [0.25, 0.3) is 0 Å². The molecular formula is C10H9ClF2O2. The van der Waals surface area contributed by atoms with E-state index in [9.17, 15) is 13.6 Å². The molecule has 1 aromatic rings. The Kier molecular flexibility index (Phi) is 4.49. The highest BCUT2D eigenvalue weighted by atomic mass is 35.5. The Hall–Kier alpha value is -1.16. The van der Waals surface area contributed by atoms with E-state index < -0.39 is 6.61 Å². The number of benzene rings is 1. The van der Waals surface area contributed by atoms with Crippen molar-refractivity contribution in [3.8, 4) is 5.75 Å². The molecular weight excluding hydrogens is 226 g/mol. The summed E-state index contributed by atoms with van der Waals surface area (Å²) >= 11 is 5.65. The van der Waals surface area contributed by atoms with Gasteiger partial charge in [-0.15, -0.1) is 0 Å². The standard InChI is InChI=1S/C10H9ClF2O2/c11-8-4-3-7(2-1-5-14)6-9(8)15-10(12)13/h3-6,10H,1-2H2. The number of hydrogen-bond acceptors (Lipinski definition) is 2. The number of aldehydes is 1. The van der Waals surface area contributed by atoms with Crippen LogP contribution in [-0.2, 0) is 11.2 Å². The van der Waals surface area contributed by atoms with Crippen LogP contribution in [0.5, 0.6) is 5.75 Å². The van der Waals surface area contributed by atoms with Gasteiger partial charge in [-0.1, -0.05) is 17.7 Å². The lowest BCUT2D eigenvalue weighted by Gasteiger charge is -2.08. The Bertz CT molecular complexity index is 342. The average Bonchev–Trinajstić information content (AvgIpc) is 2.18. The van der Waals surface area contributed by atoms with Crippen LogP contribution in [0.2, 0.25) is 5.02 Å². The second kappa shape index (κ2) is 5.66. The summed E-state index contributed by atoms with van der Waals surface area (Å²) in [5.41, 5.74) is 0.738. The van der Waals surface area contributed by atoms with Gasteiger partial charge in [0.15, 0.2) is 0 Å². The van der Waals surface area contributed by atoms with Crippen LogP contribution in [0.25, 0.3) is 0 Å². The van der Waals surface area contributed by atoms with E-state index in [4.69, 9.17) is 11.6 Å². The normalized spacial score (nSPS) is 10.4. The fraction of sp³-hybridized carbons (Fsp3) is 0.300. The molecule has 0 aliphatic heterocycles. The molecule has 0 radical (unpaired) electrons. The largest absolute Gasteiger partial charge is 0.433 e. The van der Waals surface area contributed by atoms with Crippen molar-refractivity contribution >= 4 is 17.9 Å². The van der Waals surface area contributed by atoms with Crippen LogP contribution >= 0.6 is 11.6 Å². The van der Waals surface area contributed by atoms with Gasteiger partial charge < -0.3 is 9.53 Å². The van der Waals surface area contributed by atoms with Gasteiger partial charge in [0.1, 0.15) is 12.0 Å². The Morgan fingerprint density at radius 1 is 1.47 bits per heavy atom. The van der Waals surface area contributed by atoms with Crippen molar-refractivity contribution < 1.29 is 18.3 Å². The van der Waals surface area contributed by atoms with Crippen molar-refractivity contribution in [2.75, 3.05) is 0 Å². The quantitative estimate of drug-likeness (QED) is 0.732. The fourth-order valence-electron chi connectivity index (χ4n) is 1.12. The number of carbonyl (C=O) groups is 1. The number of hydrogen-bond donors (Lipinski definition) is 0. The number of rotatable bonds is 5. The van der Waals surface area contributed by atoms with Crippen molar-refractivity contribution in [2.45, 2.75) is 19.5 Å². The molecule has 0 unspecified atom stereocenters. The van der Waals surface area contributed by atoms with Gasteiger partial charge >= 0.3 is 6.61 Å². The Morgan fingerprint density at radius 2 is 2.20 bits per heavy atom. The van der Waals surface area contributed by atoms with Crippen LogP contribution in [0.15, 0.2) is 18.2 Å². The molecule has 15 heavy (non-hydrogen) atoms. The number of alkyl halides is 2. The van der Waals surface area contributed by atoms with Gasteiger partial charge in [0.2, 0.25) is 0 Å². The summed E-state index contributed by atoms with van der Waals surface area (Å²) in [6.07, 6.45) is 1.60. The average molecular weight is 235 g/mol. The minimum Gasteiger partial charge on any atom is -0.433 e. The van der Waals surface area contributed by atoms with Gasteiger partial charge in [0.05, 0.1) is 5.02 Å². The van der Waals surface area contributed by atoms with E-state index in [2.05, 4.69) is 4.74 Å². The number of carbonyl (C=O) groups excluding carboxylic acids is 1. The van der Waals surface area contributed by atoms with Gasteiger partial charge in [-0.25, -0.2) is 0 Å². The predicted molar refractivity (Wildman–Crippen MR) is 52.5 cm³/mol.